The van der Waals surface area contributed by atoms with Crippen molar-refractivity contribution in [2.24, 2.45) is 0 Å². The average Bonchev–Trinajstić information content (AvgIpc) is 3.71. The van der Waals surface area contributed by atoms with Crippen molar-refractivity contribution < 1.29 is 18.9 Å². The van der Waals surface area contributed by atoms with Crippen molar-refractivity contribution in [2.75, 3.05) is 28.4 Å². The monoisotopic (exact) mass is 524 g/mol. The zero-order chi connectivity index (χ0) is 26.9. The Bertz CT molecular complexity index is 2140. The third kappa shape index (κ3) is 2.37. The lowest BCUT2D eigenvalue weighted by atomic mass is 9.97. The fourth-order valence-corrected chi connectivity index (χ4v) is 7.11. The number of benzene rings is 5. The van der Waals surface area contributed by atoms with Crippen LogP contribution in [0.4, 0.5) is 0 Å². The van der Waals surface area contributed by atoms with E-state index in [2.05, 4.69) is 57.3 Å². The minimum absolute atomic E-state index is 0.838. The standard InChI is InChI=1S/C34H24N2O4/c1-37-17-5-9-25-21(13-17)29-30-22-14-18(38-2)7-11-27(22)36-28-12-8-20(40-4)16-24(28)32(34(30)36)31-23-15-19(39-3)6-10-26(23)35(25)33(29)31/h5-16H,1-4H3. The summed E-state index contributed by atoms with van der Waals surface area (Å²) in [6.45, 7) is 0. The smallest absolute Gasteiger partial charge is 0.119 e. The van der Waals surface area contributed by atoms with E-state index in [0.717, 1.165) is 45.1 Å². The number of rotatable bonds is 4. The lowest BCUT2D eigenvalue weighted by Crippen LogP contribution is -1.85. The van der Waals surface area contributed by atoms with Crippen molar-refractivity contribution in [2.45, 2.75) is 0 Å². The second-order valence-electron chi connectivity index (χ2n) is 10.4. The van der Waals surface area contributed by atoms with Crippen LogP contribution in [0.25, 0.3) is 76.2 Å². The highest BCUT2D eigenvalue weighted by atomic mass is 16.5. The van der Waals surface area contributed by atoms with Crippen LogP contribution in [0.15, 0.2) is 72.8 Å². The number of hydrogen-bond donors (Lipinski definition) is 0. The maximum atomic E-state index is 5.72. The zero-order valence-electron chi connectivity index (χ0n) is 22.5. The van der Waals surface area contributed by atoms with Gasteiger partial charge in [0.15, 0.2) is 0 Å². The van der Waals surface area contributed by atoms with E-state index in [1.165, 1.54) is 54.1 Å². The maximum Gasteiger partial charge on any atom is 0.119 e. The highest BCUT2D eigenvalue weighted by Gasteiger charge is 2.29. The molecule has 0 spiro atoms. The van der Waals surface area contributed by atoms with Gasteiger partial charge in [-0.05, 0) is 72.8 Å². The van der Waals surface area contributed by atoms with Crippen molar-refractivity contribution in [1.29, 1.82) is 0 Å². The fraction of sp³-hybridized carbons (Fsp3) is 0.118. The molecule has 6 heteroatoms. The van der Waals surface area contributed by atoms with Crippen LogP contribution in [-0.4, -0.2) is 37.2 Å². The van der Waals surface area contributed by atoms with Gasteiger partial charge in [-0.1, -0.05) is 0 Å². The Morgan fingerprint density at radius 1 is 0.375 bits per heavy atom. The molecule has 0 fully saturated rings. The molecular weight excluding hydrogens is 500 g/mol. The van der Waals surface area contributed by atoms with Gasteiger partial charge in [-0.15, -0.1) is 0 Å². The summed E-state index contributed by atoms with van der Waals surface area (Å²) in [6, 6.07) is 25.5. The molecule has 0 aliphatic carbocycles. The molecule has 4 heterocycles. The van der Waals surface area contributed by atoms with Gasteiger partial charge >= 0.3 is 0 Å². The predicted octanol–water partition coefficient (Wildman–Crippen LogP) is 8.02. The molecule has 5 aromatic carbocycles. The van der Waals surface area contributed by atoms with Gasteiger partial charge in [0.25, 0.3) is 0 Å². The highest BCUT2D eigenvalue weighted by Crippen LogP contribution is 2.52. The normalized spacial score (nSPS) is 12.5. The van der Waals surface area contributed by atoms with Crippen LogP contribution in [-0.2, 0) is 0 Å². The SMILES string of the molecule is COc1ccc2c(c1)c1c3c4cc(OC)ccc4n4c5ccc(OC)cc5c(c5c6cc(OC)ccc6n2c15)c34. The summed E-state index contributed by atoms with van der Waals surface area (Å²) in [5.74, 6) is 3.35. The van der Waals surface area contributed by atoms with Gasteiger partial charge in [0, 0.05) is 43.1 Å². The molecule has 9 aromatic rings. The van der Waals surface area contributed by atoms with E-state index in [1.54, 1.807) is 28.4 Å². The Morgan fingerprint density at radius 2 is 0.625 bits per heavy atom. The Balaban J connectivity index is 1.72. The molecule has 9 rings (SSSR count). The van der Waals surface area contributed by atoms with E-state index >= 15 is 0 Å². The summed E-state index contributed by atoms with van der Waals surface area (Å²) >= 11 is 0. The number of aromatic nitrogens is 2. The topological polar surface area (TPSA) is 45.7 Å². The first-order valence-corrected chi connectivity index (χ1v) is 13.2. The van der Waals surface area contributed by atoms with Gasteiger partial charge in [0.1, 0.15) is 23.0 Å². The number of nitrogens with zero attached hydrogens (tertiary/aromatic N) is 2. The van der Waals surface area contributed by atoms with Gasteiger partial charge < -0.3 is 27.7 Å². The predicted molar refractivity (Wildman–Crippen MR) is 162 cm³/mol. The molecule has 6 nitrogen and oxygen atoms in total. The Morgan fingerprint density at radius 3 is 0.850 bits per heavy atom. The molecule has 0 saturated carbocycles. The van der Waals surface area contributed by atoms with Crippen molar-refractivity contribution in [3.8, 4) is 23.0 Å². The summed E-state index contributed by atoms with van der Waals surface area (Å²) in [4.78, 5) is 0. The van der Waals surface area contributed by atoms with E-state index in [-0.39, 0.29) is 0 Å². The first-order valence-electron chi connectivity index (χ1n) is 13.2. The van der Waals surface area contributed by atoms with E-state index in [4.69, 9.17) is 18.9 Å². The zero-order valence-corrected chi connectivity index (χ0v) is 22.5. The van der Waals surface area contributed by atoms with E-state index < -0.39 is 0 Å². The largest absolute Gasteiger partial charge is 0.497 e. The highest BCUT2D eigenvalue weighted by molar-refractivity contribution is 6.45. The second kappa shape index (κ2) is 7.30. The molecule has 0 amide bonds. The maximum absolute atomic E-state index is 5.72. The lowest BCUT2D eigenvalue weighted by molar-refractivity contribution is 0.415. The molecule has 0 atom stereocenters. The van der Waals surface area contributed by atoms with E-state index in [9.17, 15) is 0 Å². The fourth-order valence-electron chi connectivity index (χ4n) is 7.11. The first-order chi connectivity index (χ1) is 19.7. The molecule has 0 bridgehead atoms. The average molecular weight is 525 g/mol. The molecule has 0 aliphatic heterocycles. The number of hydrogen-bond acceptors (Lipinski definition) is 4. The molecule has 40 heavy (non-hydrogen) atoms. The minimum Gasteiger partial charge on any atom is -0.497 e. The molecule has 0 saturated heterocycles. The van der Waals surface area contributed by atoms with Crippen molar-refractivity contribution >= 4 is 76.2 Å². The van der Waals surface area contributed by atoms with Gasteiger partial charge in [0.2, 0.25) is 0 Å². The molecule has 0 aliphatic rings. The van der Waals surface area contributed by atoms with Gasteiger partial charge in [-0.25, -0.2) is 0 Å². The Kier molecular flexibility index (Phi) is 3.98. The molecule has 0 unspecified atom stereocenters. The summed E-state index contributed by atoms with van der Waals surface area (Å²) in [7, 11) is 6.90. The van der Waals surface area contributed by atoms with Crippen LogP contribution in [0, 0.1) is 0 Å². The molecule has 194 valence electrons. The quantitative estimate of drug-likeness (QED) is 0.234. The number of ether oxygens (including phenoxy) is 4. The van der Waals surface area contributed by atoms with Crippen LogP contribution >= 0.6 is 0 Å². The first kappa shape index (κ1) is 21.8. The third-order valence-electron chi connectivity index (χ3n) is 8.75. The summed E-state index contributed by atoms with van der Waals surface area (Å²) in [5.41, 5.74) is 6.99. The lowest BCUT2D eigenvalue weighted by Gasteiger charge is -2.06. The number of methoxy groups -OCH3 is 4. The molecule has 4 aromatic heterocycles. The van der Waals surface area contributed by atoms with Crippen LogP contribution < -0.4 is 18.9 Å². The Labute approximate surface area is 228 Å². The van der Waals surface area contributed by atoms with Gasteiger partial charge in [-0.3, -0.25) is 0 Å². The van der Waals surface area contributed by atoms with Crippen LogP contribution in [0.5, 0.6) is 23.0 Å². The molecule has 0 N–H and O–H groups in total. The second-order valence-corrected chi connectivity index (χ2v) is 10.4. The van der Waals surface area contributed by atoms with Crippen LogP contribution in [0.1, 0.15) is 0 Å². The number of fused-ring (bicyclic) bond motifs is 14. The van der Waals surface area contributed by atoms with Crippen LogP contribution in [0.3, 0.4) is 0 Å². The van der Waals surface area contributed by atoms with Crippen molar-refractivity contribution in [3.63, 3.8) is 0 Å². The Hall–Kier alpha value is -5.10. The third-order valence-corrected chi connectivity index (χ3v) is 8.75. The van der Waals surface area contributed by atoms with Gasteiger partial charge in [-0.2, -0.15) is 0 Å². The van der Waals surface area contributed by atoms with Crippen molar-refractivity contribution in [3.05, 3.63) is 72.8 Å². The van der Waals surface area contributed by atoms with Crippen LogP contribution in [0.2, 0.25) is 0 Å². The van der Waals surface area contributed by atoms with Crippen molar-refractivity contribution in [1.82, 2.24) is 8.80 Å². The molecule has 0 radical (unpaired) electrons. The minimum atomic E-state index is 0.838. The summed E-state index contributed by atoms with van der Waals surface area (Å²) in [6.07, 6.45) is 0. The molecular formula is C34H24N2O4. The van der Waals surface area contributed by atoms with Gasteiger partial charge in [0.05, 0.1) is 61.5 Å². The summed E-state index contributed by atoms with van der Waals surface area (Å²) in [5, 5.41) is 9.53. The van der Waals surface area contributed by atoms with E-state index in [0.29, 0.717) is 0 Å². The van der Waals surface area contributed by atoms with E-state index in [1.807, 2.05) is 24.3 Å². The summed E-state index contributed by atoms with van der Waals surface area (Å²) < 4.78 is 27.7.